The highest BCUT2D eigenvalue weighted by molar-refractivity contribution is 5.68. The zero-order valence-corrected chi connectivity index (χ0v) is 8.77. The fraction of sp³-hybridized carbons (Fsp3) is 0.750. The van der Waals surface area contributed by atoms with Crippen LogP contribution >= 0.6 is 0 Å². The number of hydrogen-bond donors (Lipinski definition) is 4. The summed E-state index contributed by atoms with van der Waals surface area (Å²) in [6.45, 7) is 0. The van der Waals surface area contributed by atoms with Crippen LogP contribution in [0.4, 0.5) is 0 Å². The molecule has 0 aromatic heterocycles. The Morgan fingerprint density at radius 2 is 1.69 bits per heavy atom. The van der Waals surface area contributed by atoms with Crippen LogP contribution in [-0.2, 0) is 19.4 Å². The maximum Gasteiger partial charge on any atom is 0.327 e. The molecule has 0 bridgehead atoms. The summed E-state index contributed by atoms with van der Waals surface area (Å²) < 4.78 is 0. The van der Waals surface area contributed by atoms with Gasteiger partial charge in [0.25, 0.3) is 0 Å². The molecule has 0 fully saturated rings. The number of rotatable bonds is 10. The van der Waals surface area contributed by atoms with Crippen molar-refractivity contribution >= 4 is 11.9 Å². The fourth-order valence-corrected chi connectivity index (χ4v) is 1.04. The average molecular weight is 236 g/mol. The number of aliphatic carboxylic acids is 1. The fourth-order valence-electron chi connectivity index (χ4n) is 1.04. The van der Waals surface area contributed by atoms with Gasteiger partial charge < -0.3 is 9.94 Å². The molecule has 0 radical (unpaired) electrons. The normalized spacial score (nSPS) is 10.1. The van der Waals surface area contributed by atoms with Crippen LogP contribution in [0.1, 0.15) is 38.5 Å². The van der Waals surface area contributed by atoms with E-state index in [9.17, 15) is 9.59 Å². The van der Waals surface area contributed by atoms with Gasteiger partial charge in [-0.1, -0.05) is 18.5 Å². The van der Waals surface area contributed by atoms with Gasteiger partial charge in [-0.2, -0.15) is 4.94 Å². The van der Waals surface area contributed by atoms with Crippen LogP contribution in [-0.4, -0.2) is 22.3 Å². The molecule has 0 spiro atoms. The number of carboxylic acid groups (broad SMARTS) is 1. The number of carbonyl (C=O) groups is 2. The molecule has 0 saturated carbocycles. The third-order valence-electron chi connectivity index (χ3n) is 1.76. The molecular weight excluding hydrogens is 220 g/mol. The monoisotopic (exact) mass is 236 g/mol. The Morgan fingerprint density at radius 1 is 1.06 bits per heavy atom. The third-order valence-corrected chi connectivity index (χ3v) is 1.76. The molecule has 0 aromatic rings. The molecule has 0 atom stereocenters. The van der Waals surface area contributed by atoms with Gasteiger partial charge in [0.1, 0.15) is 0 Å². The molecule has 16 heavy (non-hydrogen) atoms. The first-order chi connectivity index (χ1) is 7.66. The summed E-state index contributed by atoms with van der Waals surface area (Å²) in [7, 11) is 0. The molecule has 0 amide bonds. The number of nitrogens with one attached hydrogen (secondary N) is 2. The van der Waals surface area contributed by atoms with Crippen LogP contribution in [0.15, 0.2) is 0 Å². The molecule has 8 heteroatoms. The smallest absolute Gasteiger partial charge is 0.327 e. The lowest BCUT2D eigenvalue weighted by Gasteiger charge is -2.03. The molecule has 0 rings (SSSR count). The molecule has 0 aromatic carbocycles. The van der Waals surface area contributed by atoms with Gasteiger partial charge in [-0.25, -0.2) is 0 Å². The predicted octanol–water partition coefficient (Wildman–Crippen LogP) is 0.285. The van der Waals surface area contributed by atoms with Crippen molar-refractivity contribution in [2.24, 2.45) is 0 Å². The molecule has 0 aliphatic rings. The summed E-state index contributed by atoms with van der Waals surface area (Å²) in [5.74, 6) is -1.33. The van der Waals surface area contributed by atoms with Crippen LogP contribution in [0, 0.1) is 0 Å². The Morgan fingerprint density at radius 3 is 2.25 bits per heavy atom. The van der Waals surface area contributed by atoms with Gasteiger partial charge in [0, 0.05) is 12.8 Å². The summed E-state index contributed by atoms with van der Waals surface area (Å²) in [6.07, 6.45) is 3.12. The lowest BCUT2D eigenvalue weighted by atomic mass is 10.1. The van der Waals surface area contributed by atoms with Crippen molar-refractivity contribution in [1.82, 2.24) is 11.3 Å². The molecule has 0 heterocycles. The number of hydrogen-bond acceptors (Lipinski definition) is 7. The summed E-state index contributed by atoms with van der Waals surface area (Å²) in [5, 5.41) is 16.3. The Labute approximate surface area is 92.3 Å². The van der Waals surface area contributed by atoms with Crippen LogP contribution < -0.4 is 11.3 Å². The summed E-state index contributed by atoms with van der Waals surface area (Å²) >= 11 is 0. The van der Waals surface area contributed by atoms with E-state index in [4.69, 9.17) is 10.3 Å². The first-order valence-electron chi connectivity index (χ1n) is 4.88. The Hall–Kier alpha value is -1.22. The van der Waals surface area contributed by atoms with E-state index in [1.807, 2.05) is 0 Å². The highest BCUT2D eigenvalue weighted by atomic mass is 17.0. The molecule has 94 valence electrons. The van der Waals surface area contributed by atoms with Crippen molar-refractivity contribution in [2.45, 2.75) is 38.5 Å². The topological polar surface area (TPSA) is 117 Å². The number of carboxylic acids is 1. The SMILES string of the molecule is O=C(O)CCCCCCC(=O)ONONO. The lowest BCUT2D eigenvalue weighted by molar-refractivity contribution is -0.263. The first kappa shape index (κ1) is 14.8. The second-order valence-corrected chi connectivity index (χ2v) is 3.06. The van der Waals surface area contributed by atoms with E-state index in [1.54, 1.807) is 5.64 Å². The van der Waals surface area contributed by atoms with E-state index < -0.39 is 11.9 Å². The van der Waals surface area contributed by atoms with Crippen LogP contribution in [0.5, 0.6) is 0 Å². The minimum absolute atomic E-state index is 0.155. The Bertz CT molecular complexity index is 211. The molecule has 0 aliphatic carbocycles. The minimum atomic E-state index is -0.808. The zero-order chi connectivity index (χ0) is 12.2. The molecule has 4 N–H and O–H groups in total. The van der Waals surface area contributed by atoms with Crippen LogP contribution in [0.3, 0.4) is 0 Å². The van der Waals surface area contributed by atoms with E-state index in [1.165, 1.54) is 5.64 Å². The van der Waals surface area contributed by atoms with Crippen molar-refractivity contribution < 1.29 is 29.7 Å². The highest BCUT2D eigenvalue weighted by Gasteiger charge is 2.03. The third kappa shape index (κ3) is 10.9. The average Bonchev–Trinajstić information content (AvgIpc) is 2.23. The van der Waals surface area contributed by atoms with Crippen molar-refractivity contribution in [3.63, 3.8) is 0 Å². The second kappa shape index (κ2) is 10.3. The van der Waals surface area contributed by atoms with E-state index >= 15 is 0 Å². The largest absolute Gasteiger partial charge is 0.481 e. The Kier molecular flexibility index (Phi) is 9.52. The predicted molar refractivity (Wildman–Crippen MR) is 50.6 cm³/mol. The maximum absolute atomic E-state index is 10.9. The molecule has 8 nitrogen and oxygen atoms in total. The standard InChI is InChI=1S/C8H16N2O6/c11-7(12)5-3-1-2-4-6-8(13)15-10-16-9-14/h9-10,14H,1-6H2,(H,11,12). The van der Waals surface area contributed by atoms with Crippen molar-refractivity contribution in [3.8, 4) is 0 Å². The van der Waals surface area contributed by atoms with Crippen molar-refractivity contribution in [2.75, 3.05) is 0 Å². The number of unbranched alkanes of at least 4 members (excludes halogenated alkanes) is 3. The first-order valence-corrected chi connectivity index (χ1v) is 4.88. The van der Waals surface area contributed by atoms with E-state index in [0.29, 0.717) is 12.8 Å². The van der Waals surface area contributed by atoms with Gasteiger partial charge in [0.05, 0.1) is 0 Å². The summed E-state index contributed by atoms with van der Waals surface area (Å²) in [4.78, 5) is 29.3. The maximum atomic E-state index is 10.9. The molecule has 0 saturated heterocycles. The minimum Gasteiger partial charge on any atom is -0.481 e. The van der Waals surface area contributed by atoms with Gasteiger partial charge >= 0.3 is 11.9 Å². The second-order valence-electron chi connectivity index (χ2n) is 3.06. The van der Waals surface area contributed by atoms with Crippen molar-refractivity contribution in [1.29, 1.82) is 0 Å². The van der Waals surface area contributed by atoms with Crippen LogP contribution in [0.2, 0.25) is 0 Å². The summed E-state index contributed by atoms with van der Waals surface area (Å²) in [6, 6.07) is 0. The van der Waals surface area contributed by atoms with Gasteiger partial charge in [0.15, 0.2) is 0 Å². The zero-order valence-electron chi connectivity index (χ0n) is 8.77. The lowest BCUT2D eigenvalue weighted by Crippen LogP contribution is -2.26. The quantitative estimate of drug-likeness (QED) is 0.316. The molecule has 0 aliphatic heterocycles. The summed E-state index contributed by atoms with van der Waals surface area (Å²) in [5.41, 5.74) is 2.99. The Balaban J connectivity index is 3.18. The number of carbonyl (C=O) groups excluding carboxylic acids is 1. The van der Waals surface area contributed by atoms with E-state index in [-0.39, 0.29) is 12.8 Å². The highest BCUT2D eigenvalue weighted by Crippen LogP contribution is 2.05. The van der Waals surface area contributed by atoms with Gasteiger partial charge in [-0.05, 0) is 18.5 Å². The molecular formula is C8H16N2O6. The van der Waals surface area contributed by atoms with Crippen LogP contribution in [0.25, 0.3) is 0 Å². The van der Waals surface area contributed by atoms with E-state index in [2.05, 4.69) is 9.78 Å². The van der Waals surface area contributed by atoms with Crippen molar-refractivity contribution in [3.05, 3.63) is 0 Å². The van der Waals surface area contributed by atoms with Gasteiger partial charge in [-0.15, -0.1) is 0 Å². The molecule has 0 unspecified atom stereocenters. The van der Waals surface area contributed by atoms with E-state index in [0.717, 1.165) is 12.8 Å². The van der Waals surface area contributed by atoms with Gasteiger partial charge in [-0.3, -0.25) is 14.8 Å². The van der Waals surface area contributed by atoms with Gasteiger partial charge in [0.2, 0.25) is 0 Å².